The first-order valence-corrected chi connectivity index (χ1v) is 10.1. The fraction of sp³-hybridized carbons (Fsp3) is 0.524. The number of rotatable bonds is 3. The Morgan fingerprint density at radius 3 is 2.43 bits per heavy atom. The second kappa shape index (κ2) is 7.83. The van der Waals surface area contributed by atoms with Gasteiger partial charge in [-0.15, -0.1) is 0 Å². The van der Waals surface area contributed by atoms with Crippen molar-refractivity contribution in [2.45, 2.75) is 45.1 Å². The van der Waals surface area contributed by atoms with Crippen molar-refractivity contribution in [1.82, 2.24) is 19.9 Å². The van der Waals surface area contributed by atoms with Crippen molar-refractivity contribution in [3.05, 3.63) is 47.2 Å². The maximum atomic E-state index is 13.1. The van der Waals surface area contributed by atoms with Crippen molar-refractivity contribution in [2.75, 3.05) is 31.1 Å². The molecule has 2 N–H and O–H groups in total. The summed E-state index contributed by atoms with van der Waals surface area (Å²) in [6.45, 7) is 7.08. The van der Waals surface area contributed by atoms with Crippen LogP contribution in [0.3, 0.4) is 0 Å². The van der Waals surface area contributed by atoms with Gasteiger partial charge in [0.1, 0.15) is 5.82 Å². The number of hydrogen-bond acceptors (Lipinski definition) is 6. The molecule has 0 aromatic carbocycles. The zero-order valence-electron chi connectivity index (χ0n) is 16.6. The van der Waals surface area contributed by atoms with Gasteiger partial charge < -0.3 is 15.5 Å². The minimum absolute atomic E-state index is 0.0685. The van der Waals surface area contributed by atoms with Crippen LogP contribution < -0.4 is 10.6 Å². The summed E-state index contributed by atoms with van der Waals surface area (Å²) in [5.41, 5.74) is 9.26. The second-order valence-electron chi connectivity index (χ2n) is 7.92. The molecule has 0 saturated carbocycles. The summed E-state index contributed by atoms with van der Waals surface area (Å²) in [5.74, 6) is 1.58. The van der Waals surface area contributed by atoms with Crippen molar-refractivity contribution in [3.63, 3.8) is 0 Å². The number of aryl methyl sites for hydroxylation is 1. The molecule has 2 saturated heterocycles. The van der Waals surface area contributed by atoms with Gasteiger partial charge in [0.05, 0.1) is 0 Å². The van der Waals surface area contributed by atoms with Gasteiger partial charge >= 0.3 is 0 Å². The number of carbonyl (C=O) groups is 1. The molecule has 7 heteroatoms. The largest absolute Gasteiger partial charge is 0.355 e. The summed E-state index contributed by atoms with van der Waals surface area (Å²) in [4.78, 5) is 30.4. The van der Waals surface area contributed by atoms with Crippen LogP contribution in [0.25, 0.3) is 0 Å². The van der Waals surface area contributed by atoms with E-state index in [1.165, 1.54) is 5.56 Å². The molecule has 1 atom stereocenters. The summed E-state index contributed by atoms with van der Waals surface area (Å²) < 4.78 is 0. The van der Waals surface area contributed by atoms with Crippen LogP contribution in [0, 0.1) is 13.8 Å². The smallest absolute Gasteiger partial charge is 0.291 e. The number of amides is 1. The number of hydrogen-bond donors (Lipinski definition) is 1. The first-order valence-electron chi connectivity index (χ1n) is 10.1. The zero-order valence-corrected chi connectivity index (χ0v) is 16.6. The van der Waals surface area contributed by atoms with E-state index in [-0.39, 0.29) is 11.9 Å². The van der Waals surface area contributed by atoms with Crippen molar-refractivity contribution < 1.29 is 4.79 Å². The van der Waals surface area contributed by atoms with Gasteiger partial charge in [0.15, 0.2) is 0 Å². The lowest BCUT2D eigenvalue weighted by Gasteiger charge is -2.32. The molecule has 1 amide bonds. The van der Waals surface area contributed by atoms with Crippen LogP contribution in [0.2, 0.25) is 0 Å². The van der Waals surface area contributed by atoms with Crippen molar-refractivity contribution >= 4 is 11.7 Å². The topological polar surface area (TPSA) is 88.2 Å². The summed E-state index contributed by atoms with van der Waals surface area (Å²) in [5, 5.41) is 0. The highest BCUT2D eigenvalue weighted by molar-refractivity contribution is 5.91. The summed E-state index contributed by atoms with van der Waals surface area (Å²) in [7, 11) is 0. The van der Waals surface area contributed by atoms with Crippen molar-refractivity contribution in [1.29, 1.82) is 0 Å². The molecule has 4 heterocycles. The van der Waals surface area contributed by atoms with E-state index < -0.39 is 0 Å². The number of piperidine rings is 1. The van der Waals surface area contributed by atoms with Gasteiger partial charge in [-0.05, 0) is 56.7 Å². The summed E-state index contributed by atoms with van der Waals surface area (Å²) >= 11 is 0. The van der Waals surface area contributed by atoms with E-state index in [1.807, 2.05) is 31.1 Å². The third-order valence-electron chi connectivity index (χ3n) is 6.04. The second-order valence-corrected chi connectivity index (χ2v) is 7.92. The molecule has 2 aliphatic heterocycles. The van der Waals surface area contributed by atoms with Crippen molar-refractivity contribution in [2.24, 2.45) is 5.73 Å². The maximum absolute atomic E-state index is 13.1. The lowest BCUT2D eigenvalue weighted by atomic mass is 9.90. The molecular weight excluding hydrogens is 352 g/mol. The molecule has 0 aliphatic carbocycles. The predicted octanol–water partition coefficient (Wildman–Crippen LogP) is 2.05. The first-order chi connectivity index (χ1) is 13.5. The molecular formula is C21H28N6O. The standard InChI is InChI=1S/C21H28N6O/c1-14-15(2)24-19(25-20(14)27-12-7-18(22)13-27)21(28)26-10-5-17(6-11-26)16-3-8-23-9-4-16/h3-4,8-9,17-18H,5-7,10-13,22H2,1-2H3/t18-/m1/s1. The van der Waals surface area contributed by atoms with E-state index in [1.54, 1.807) is 0 Å². The number of aromatic nitrogens is 3. The van der Waals surface area contributed by atoms with Crippen LogP contribution in [0.1, 0.15) is 52.6 Å². The van der Waals surface area contributed by atoms with Gasteiger partial charge in [-0.3, -0.25) is 9.78 Å². The number of pyridine rings is 1. The van der Waals surface area contributed by atoms with E-state index in [0.29, 0.717) is 11.7 Å². The summed E-state index contributed by atoms with van der Waals surface area (Å²) in [6.07, 6.45) is 6.53. The van der Waals surface area contributed by atoms with Crippen LogP contribution in [0.4, 0.5) is 5.82 Å². The lowest BCUT2D eigenvalue weighted by Crippen LogP contribution is -2.39. The fourth-order valence-electron chi connectivity index (χ4n) is 4.19. The molecule has 28 heavy (non-hydrogen) atoms. The molecule has 0 radical (unpaired) electrons. The molecule has 0 bridgehead atoms. The normalized spacial score (nSPS) is 20.6. The highest BCUT2D eigenvalue weighted by atomic mass is 16.2. The average molecular weight is 380 g/mol. The highest BCUT2D eigenvalue weighted by Crippen LogP contribution is 2.29. The Labute approximate surface area is 166 Å². The van der Waals surface area contributed by atoms with Gasteiger partial charge in [-0.1, -0.05) is 0 Å². The van der Waals surface area contributed by atoms with Crippen LogP contribution in [-0.4, -0.2) is 58.0 Å². The molecule has 2 fully saturated rings. The SMILES string of the molecule is Cc1nc(C(=O)N2CCC(c3ccncc3)CC2)nc(N2CC[C@@H](N)C2)c1C. The van der Waals surface area contributed by atoms with E-state index in [2.05, 4.69) is 32.0 Å². The maximum Gasteiger partial charge on any atom is 0.291 e. The predicted molar refractivity (Wildman–Crippen MR) is 108 cm³/mol. The number of anilines is 1. The Hall–Kier alpha value is -2.54. The Morgan fingerprint density at radius 2 is 1.79 bits per heavy atom. The van der Waals surface area contributed by atoms with Gasteiger partial charge in [0.2, 0.25) is 5.82 Å². The molecule has 2 aliphatic rings. The third kappa shape index (κ3) is 3.71. The monoisotopic (exact) mass is 380 g/mol. The highest BCUT2D eigenvalue weighted by Gasteiger charge is 2.28. The lowest BCUT2D eigenvalue weighted by molar-refractivity contribution is 0.0700. The minimum atomic E-state index is -0.0685. The van der Waals surface area contributed by atoms with Crippen LogP contribution >= 0.6 is 0 Å². The van der Waals surface area contributed by atoms with E-state index >= 15 is 0 Å². The van der Waals surface area contributed by atoms with E-state index in [0.717, 1.165) is 62.5 Å². The molecule has 148 valence electrons. The van der Waals surface area contributed by atoms with Crippen LogP contribution in [0.15, 0.2) is 24.5 Å². The molecule has 2 aromatic heterocycles. The van der Waals surface area contributed by atoms with E-state index in [9.17, 15) is 4.79 Å². The Balaban J connectivity index is 1.49. The fourth-order valence-corrected chi connectivity index (χ4v) is 4.19. The molecule has 7 nitrogen and oxygen atoms in total. The number of likely N-dealkylation sites (tertiary alicyclic amines) is 1. The number of carbonyl (C=O) groups excluding carboxylic acids is 1. The quantitative estimate of drug-likeness (QED) is 0.877. The van der Waals surface area contributed by atoms with Crippen LogP contribution in [0.5, 0.6) is 0 Å². The number of nitrogens with two attached hydrogens (primary N) is 1. The Bertz CT molecular complexity index is 847. The van der Waals surface area contributed by atoms with Crippen LogP contribution in [-0.2, 0) is 0 Å². The summed E-state index contributed by atoms with van der Waals surface area (Å²) in [6, 6.07) is 4.31. The Kier molecular flexibility index (Phi) is 5.26. The minimum Gasteiger partial charge on any atom is -0.355 e. The van der Waals surface area contributed by atoms with Gasteiger partial charge in [-0.25, -0.2) is 9.97 Å². The first kappa shape index (κ1) is 18.8. The average Bonchev–Trinajstić information content (AvgIpc) is 3.16. The van der Waals surface area contributed by atoms with Gasteiger partial charge in [0, 0.05) is 55.9 Å². The van der Waals surface area contributed by atoms with E-state index in [4.69, 9.17) is 5.73 Å². The molecule has 2 aromatic rings. The molecule has 4 rings (SSSR count). The number of nitrogens with zero attached hydrogens (tertiary/aromatic N) is 5. The van der Waals surface area contributed by atoms with Gasteiger partial charge in [-0.2, -0.15) is 0 Å². The third-order valence-corrected chi connectivity index (χ3v) is 6.04. The van der Waals surface area contributed by atoms with Gasteiger partial charge in [0.25, 0.3) is 5.91 Å². The molecule has 0 unspecified atom stereocenters. The van der Waals surface area contributed by atoms with Crippen molar-refractivity contribution in [3.8, 4) is 0 Å². The Morgan fingerprint density at radius 1 is 1.07 bits per heavy atom. The molecule has 0 spiro atoms. The zero-order chi connectivity index (χ0) is 19.7.